The Morgan fingerprint density at radius 1 is 1.40 bits per heavy atom. The predicted octanol–water partition coefficient (Wildman–Crippen LogP) is 1.56. The van der Waals surface area contributed by atoms with Crippen LogP contribution < -0.4 is 5.32 Å². The van der Waals surface area contributed by atoms with E-state index in [9.17, 15) is 4.79 Å². The molecule has 0 atom stereocenters. The summed E-state index contributed by atoms with van der Waals surface area (Å²) in [4.78, 5) is 11.6. The van der Waals surface area contributed by atoms with Gasteiger partial charge in [0.05, 0.1) is 5.69 Å². The molecule has 0 bridgehead atoms. The molecule has 1 heterocycles. The number of halogens is 1. The third-order valence-corrected chi connectivity index (χ3v) is 2.24. The van der Waals surface area contributed by atoms with Gasteiger partial charge in [-0.25, -0.2) is 0 Å². The third kappa shape index (κ3) is 1.80. The number of carbonyl (C=O) groups excluding carboxylic acids is 1. The number of hydrogen-bond acceptors (Lipinski definition) is 3. The lowest BCUT2D eigenvalue weighted by molar-refractivity contribution is -0.110. The van der Waals surface area contributed by atoms with E-state index >= 15 is 0 Å². The smallest absolute Gasteiger partial charge is 0.276 e. The molecule has 1 aliphatic rings. The van der Waals surface area contributed by atoms with Crippen molar-refractivity contribution in [2.75, 3.05) is 19.4 Å². The number of nitrogens with one attached hydrogen (secondary N) is 1. The van der Waals surface area contributed by atoms with Gasteiger partial charge in [0, 0.05) is 24.7 Å². The fourth-order valence-corrected chi connectivity index (χ4v) is 1.60. The van der Waals surface area contributed by atoms with Gasteiger partial charge < -0.3 is 10.3 Å². The average Bonchev–Trinajstić information content (AvgIpc) is 2.43. The first kappa shape index (κ1) is 9.98. The van der Waals surface area contributed by atoms with Crippen molar-refractivity contribution in [3.63, 3.8) is 0 Å². The fourth-order valence-electron chi connectivity index (χ4n) is 1.42. The van der Waals surface area contributed by atoms with Gasteiger partial charge in [0.1, 0.15) is 0 Å². The van der Waals surface area contributed by atoms with Crippen LogP contribution in [0.15, 0.2) is 23.3 Å². The zero-order valence-electron chi connectivity index (χ0n) is 8.41. The number of hydrogen-bond donors (Lipinski definition) is 1. The Morgan fingerprint density at radius 3 is 2.80 bits per heavy atom. The second-order valence-corrected chi connectivity index (χ2v) is 3.88. The molecule has 0 unspecified atom stereocenters. The molecular weight excluding hydrogens is 214 g/mol. The highest BCUT2D eigenvalue weighted by molar-refractivity contribution is 6.54. The third-order valence-electron chi connectivity index (χ3n) is 2.00. The van der Waals surface area contributed by atoms with Gasteiger partial charge in [0.15, 0.2) is 5.71 Å². The van der Waals surface area contributed by atoms with E-state index in [4.69, 9.17) is 11.6 Å². The highest BCUT2D eigenvalue weighted by Crippen LogP contribution is 2.26. The van der Waals surface area contributed by atoms with E-state index in [0.717, 1.165) is 11.3 Å². The Morgan fingerprint density at radius 2 is 2.13 bits per heavy atom. The minimum absolute atomic E-state index is 0.194. The number of fused-ring (bicyclic) bond motifs is 1. The summed E-state index contributed by atoms with van der Waals surface area (Å²) >= 11 is 5.87. The van der Waals surface area contributed by atoms with Crippen LogP contribution in [0.2, 0.25) is 5.02 Å². The van der Waals surface area contributed by atoms with Crippen molar-refractivity contribution in [1.29, 1.82) is 0 Å². The Balaban J connectivity index is 2.53. The van der Waals surface area contributed by atoms with Crippen molar-refractivity contribution in [1.82, 2.24) is 5.01 Å². The maximum Gasteiger partial charge on any atom is 0.276 e. The second-order valence-electron chi connectivity index (χ2n) is 3.44. The summed E-state index contributed by atoms with van der Waals surface area (Å²) in [6.45, 7) is 0. The molecule has 5 heteroatoms. The largest absolute Gasteiger partial charge is 0.320 e. The van der Waals surface area contributed by atoms with Gasteiger partial charge in [-0.05, 0) is 18.2 Å². The van der Waals surface area contributed by atoms with Crippen LogP contribution in [-0.2, 0) is 4.79 Å². The van der Waals surface area contributed by atoms with Crippen molar-refractivity contribution >= 4 is 28.9 Å². The van der Waals surface area contributed by atoms with Crippen LogP contribution in [0.4, 0.5) is 5.69 Å². The van der Waals surface area contributed by atoms with Gasteiger partial charge >= 0.3 is 0 Å². The minimum Gasteiger partial charge on any atom is -0.320 e. The normalized spacial score (nSPS) is 16.5. The number of hydrazone groups is 1. The topological polar surface area (TPSA) is 44.7 Å². The van der Waals surface area contributed by atoms with Crippen LogP contribution >= 0.6 is 11.6 Å². The van der Waals surface area contributed by atoms with E-state index in [1.807, 2.05) is 0 Å². The van der Waals surface area contributed by atoms with Crippen LogP contribution in [0.1, 0.15) is 5.56 Å². The van der Waals surface area contributed by atoms with Crippen molar-refractivity contribution in [2.24, 2.45) is 5.10 Å². The molecule has 4 nitrogen and oxygen atoms in total. The van der Waals surface area contributed by atoms with Gasteiger partial charge in [-0.1, -0.05) is 11.6 Å². The molecule has 0 fully saturated rings. The predicted molar refractivity (Wildman–Crippen MR) is 60.3 cm³/mol. The number of rotatable bonds is 1. The Hall–Kier alpha value is -1.55. The molecule has 1 N–H and O–H groups in total. The molecule has 1 aromatic carbocycles. The van der Waals surface area contributed by atoms with Crippen molar-refractivity contribution in [3.8, 4) is 0 Å². The first-order chi connectivity index (χ1) is 7.08. The molecule has 0 radical (unpaired) electrons. The van der Waals surface area contributed by atoms with Crippen LogP contribution in [0.3, 0.4) is 0 Å². The Kier molecular flexibility index (Phi) is 2.36. The second kappa shape index (κ2) is 3.55. The van der Waals surface area contributed by atoms with E-state index in [0.29, 0.717) is 10.7 Å². The van der Waals surface area contributed by atoms with Gasteiger partial charge in [0.2, 0.25) is 0 Å². The molecule has 0 saturated carbocycles. The van der Waals surface area contributed by atoms with Gasteiger partial charge in [0.25, 0.3) is 5.91 Å². The molecule has 1 aromatic rings. The zero-order chi connectivity index (χ0) is 11.0. The standard InChI is InChI=1S/C10H10ClN3O/c1-14(2)13-9-7-5-6(11)3-4-8(7)12-10(9)15/h3-5H,1-2H3,(H,12,13,15). The average molecular weight is 224 g/mol. The summed E-state index contributed by atoms with van der Waals surface area (Å²) in [5.41, 5.74) is 1.91. The number of carbonyl (C=O) groups is 1. The zero-order valence-corrected chi connectivity index (χ0v) is 9.17. The summed E-state index contributed by atoms with van der Waals surface area (Å²) in [6, 6.07) is 5.24. The van der Waals surface area contributed by atoms with Crippen LogP contribution in [0.5, 0.6) is 0 Å². The number of anilines is 1. The molecule has 0 spiro atoms. The molecule has 1 amide bonds. The summed E-state index contributed by atoms with van der Waals surface area (Å²) in [5.74, 6) is -0.194. The van der Waals surface area contributed by atoms with Gasteiger partial charge in [-0.3, -0.25) is 4.79 Å². The van der Waals surface area contributed by atoms with E-state index in [1.54, 1.807) is 37.3 Å². The highest BCUT2D eigenvalue weighted by Gasteiger charge is 2.26. The summed E-state index contributed by atoms with van der Waals surface area (Å²) in [5, 5.41) is 9.03. The quantitative estimate of drug-likeness (QED) is 0.735. The van der Waals surface area contributed by atoms with E-state index in [2.05, 4.69) is 10.4 Å². The first-order valence-corrected chi connectivity index (χ1v) is 4.83. The summed E-state index contributed by atoms with van der Waals surface area (Å²) in [6.07, 6.45) is 0. The number of amides is 1. The molecule has 0 aromatic heterocycles. The molecule has 0 aliphatic carbocycles. The maximum atomic E-state index is 11.6. The van der Waals surface area contributed by atoms with Crippen LogP contribution in [0, 0.1) is 0 Å². The molecule has 15 heavy (non-hydrogen) atoms. The van der Waals surface area contributed by atoms with Crippen molar-refractivity contribution in [3.05, 3.63) is 28.8 Å². The highest BCUT2D eigenvalue weighted by atomic mass is 35.5. The SMILES string of the molecule is CN(C)/N=C1\C(=O)Nc2ccc(Cl)cc21. The van der Waals surface area contributed by atoms with Gasteiger partial charge in [-0.15, -0.1) is 0 Å². The molecule has 0 saturated heterocycles. The number of nitrogens with zero attached hydrogens (tertiary/aromatic N) is 2. The Bertz CT molecular complexity index is 454. The monoisotopic (exact) mass is 223 g/mol. The van der Waals surface area contributed by atoms with E-state index in [1.165, 1.54) is 0 Å². The molecule has 78 valence electrons. The van der Waals surface area contributed by atoms with Crippen molar-refractivity contribution in [2.45, 2.75) is 0 Å². The lowest BCUT2D eigenvalue weighted by Gasteiger charge is -2.05. The van der Waals surface area contributed by atoms with Gasteiger partial charge in [-0.2, -0.15) is 5.10 Å². The lowest BCUT2D eigenvalue weighted by Crippen LogP contribution is -2.18. The summed E-state index contributed by atoms with van der Waals surface area (Å²) < 4.78 is 0. The Labute approximate surface area is 92.5 Å². The fraction of sp³-hybridized carbons (Fsp3) is 0.200. The summed E-state index contributed by atoms with van der Waals surface area (Å²) in [7, 11) is 3.53. The molecular formula is C10H10ClN3O. The lowest BCUT2D eigenvalue weighted by atomic mass is 10.1. The molecule has 1 aliphatic heterocycles. The maximum absolute atomic E-state index is 11.6. The minimum atomic E-state index is -0.194. The van der Waals surface area contributed by atoms with Crippen LogP contribution in [-0.4, -0.2) is 30.7 Å². The van der Waals surface area contributed by atoms with E-state index < -0.39 is 0 Å². The first-order valence-electron chi connectivity index (χ1n) is 4.45. The molecule has 2 rings (SSSR count). The van der Waals surface area contributed by atoms with E-state index in [-0.39, 0.29) is 5.91 Å². The van der Waals surface area contributed by atoms with Crippen molar-refractivity contribution < 1.29 is 4.79 Å². The van der Waals surface area contributed by atoms with Crippen LogP contribution in [0.25, 0.3) is 0 Å². The number of benzene rings is 1.